The van der Waals surface area contributed by atoms with E-state index >= 15 is 0 Å². The Morgan fingerprint density at radius 3 is 2.55 bits per heavy atom. The zero-order chi connectivity index (χ0) is 20.2. The third-order valence-corrected chi connectivity index (χ3v) is 5.60. The minimum Gasteiger partial charge on any atom is -0.352 e. The topological polar surface area (TPSA) is 91.3 Å². The zero-order valence-electron chi connectivity index (χ0n) is 16.1. The Labute approximate surface area is 174 Å². The molecule has 1 saturated heterocycles. The largest absolute Gasteiger partial charge is 0.352 e. The van der Waals surface area contributed by atoms with Gasteiger partial charge in [-0.25, -0.2) is 4.98 Å². The van der Waals surface area contributed by atoms with Gasteiger partial charge in [-0.15, -0.1) is 10.2 Å². The van der Waals surface area contributed by atoms with Crippen molar-refractivity contribution in [1.29, 1.82) is 0 Å². The lowest BCUT2D eigenvalue weighted by atomic mass is 10.2. The first-order valence-electron chi connectivity index (χ1n) is 9.88. The van der Waals surface area contributed by atoms with Crippen LogP contribution >= 0.6 is 11.6 Å². The fourth-order valence-corrected chi connectivity index (χ4v) is 3.56. The number of carbonyl (C=O) groups excluding carboxylic acids is 2. The van der Waals surface area contributed by atoms with Gasteiger partial charge in [-0.05, 0) is 36.6 Å². The number of nitrogens with one attached hydrogen (secondary N) is 1. The molecule has 0 radical (unpaired) electrons. The molecule has 8 nitrogen and oxygen atoms in total. The Bertz CT molecular complexity index is 879. The first kappa shape index (κ1) is 19.6. The van der Waals surface area contributed by atoms with Crippen molar-refractivity contribution < 1.29 is 9.59 Å². The fraction of sp³-hybridized carbons (Fsp3) is 0.450. The number of hydrogen-bond donors (Lipinski definition) is 1. The van der Waals surface area contributed by atoms with Crippen LogP contribution in [0.15, 0.2) is 30.5 Å². The molecule has 2 fully saturated rings. The Morgan fingerprint density at radius 1 is 1.10 bits per heavy atom. The number of nitrogens with zero attached hydrogens (tertiary/aromatic N) is 5. The Balaban J connectivity index is 1.29. The Hall–Kier alpha value is -2.74. The second kappa shape index (κ2) is 8.73. The van der Waals surface area contributed by atoms with E-state index in [0.29, 0.717) is 49.8 Å². The highest BCUT2D eigenvalue weighted by molar-refractivity contribution is 6.32. The Kier molecular flexibility index (Phi) is 5.89. The first-order valence-corrected chi connectivity index (χ1v) is 10.3. The molecule has 0 unspecified atom stereocenters. The summed E-state index contributed by atoms with van der Waals surface area (Å²) in [5, 5.41) is 11.4. The molecule has 2 aliphatic rings. The third-order valence-electron chi connectivity index (χ3n) is 5.30. The monoisotopic (exact) mass is 414 g/mol. The van der Waals surface area contributed by atoms with E-state index < -0.39 is 0 Å². The molecule has 1 saturated carbocycles. The second-order valence-electron chi connectivity index (χ2n) is 7.39. The molecule has 2 aromatic heterocycles. The van der Waals surface area contributed by atoms with E-state index in [1.54, 1.807) is 35.4 Å². The second-order valence-corrected chi connectivity index (χ2v) is 7.74. The molecular formula is C20H23ClN6O2. The molecule has 29 heavy (non-hydrogen) atoms. The lowest BCUT2D eigenvalue weighted by molar-refractivity contribution is 0.0746. The molecule has 3 heterocycles. The highest BCUT2D eigenvalue weighted by atomic mass is 35.5. The van der Waals surface area contributed by atoms with Gasteiger partial charge in [0, 0.05) is 38.9 Å². The predicted octanol–water partition coefficient (Wildman–Crippen LogP) is 2.02. The van der Waals surface area contributed by atoms with Crippen LogP contribution in [0.5, 0.6) is 0 Å². The van der Waals surface area contributed by atoms with Gasteiger partial charge < -0.3 is 15.1 Å². The van der Waals surface area contributed by atoms with Crippen molar-refractivity contribution in [3.63, 3.8) is 0 Å². The summed E-state index contributed by atoms with van der Waals surface area (Å²) in [7, 11) is 0. The van der Waals surface area contributed by atoms with Crippen LogP contribution in [0.1, 0.15) is 40.1 Å². The van der Waals surface area contributed by atoms with Gasteiger partial charge in [0.1, 0.15) is 5.15 Å². The van der Waals surface area contributed by atoms with Crippen LogP contribution in [0.2, 0.25) is 5.15 Å². The molecule has 1 aliphatic carbocycles. The molecule has 152 valence electrons. The quantitative estimate of drug-likeness (QED) is 0.727. The summed E-state index contributed by atoms with van der Waals surface area (Å²) in [6.45, 7) is 3.05. The van der Waals surface area contributed by atoms with Crippen LogP contribution in [0, 0.1) is 5.92 Å². The molecule has 0 atom stereocenters. The van der Waals surface area contributed by atoms with Crippen molar-refractivity contribution in [2.75, 3.05) is 37.6 Å². The van der Waals surface area contributed by atoms with E-state index in [1.165, 1.54) is 12.8 Å². The van der Waals surface area contributed by atoms with Gasteiger partial charge in [-0.1, -0.05) is 24.4 Å². The maximum atomic E-state index is 12.6. The number of pyridine rings is 1. The standard InChI is InChI=1S/C20H23ClN6O2/c21-18-15(2-1-8-22-18)20(29)27-12-10-26(11-13-27)17-6-5-16(24-25-17)19(28)23-9-7-14-3-4-14/h1-2,5-6,8,14H,3-4,7,9-13H2,(H,23,28). The lowest BCUT2D eigenvalue weighted by Gasteiger charge is -2.35. The molecular weight excluding hydrogens is 392 g/mol. The van der Waals surface area contributed by atoms with Crippen LogP contribution in [0.25, 0.3) is 0 Å². The summed E-state index contributed by atoms with van der Waals surface area (Å²) in [5.74, 6) is 1.18. The van der Waals surface area contributed by atoms with Gasteiger partial charge >= 0.3 is 0 Å². The van der Waals surface area contributed by atoms with Crippen molar-refractivity contribution in [3.8, 4) is 0 Å². The van der Waals surface area contributed by atoms with Gasteiger partial charge in [0.25, 0.3) is 11.8 Å². The number of rotatable bonds is 6. The van der Waals surface area contributed by atoms with E-state index in [-0.39, 0.29) is 17.0 Å². The smallest absolute Gasteiger partial charge is 0.271 e. The highest BCUT2D eigenvalue weighted by Crippen LogP contribution is 2.31. The van der Waals surface area contributed by atoms with Gasteiger partial charge in [-0.3, -0.25) is 9.59 Å². The summed E-state index contributed by atoms with van der Waals surface area (Å²) in [5.41, 5.74) is 0.740. The van der Waals surface area contributed by atoms with E-state index in [0.717, 1.165) is 12.3 Å². The number of halogens is 1. The third kappa shape index (κ3) is 4.82. The average Bonchev–Trinajstić information content (AvgIpc) is 3.58. The number of hydrogen-bond acceptors (Lipinski definition) is 6. The molecule has 0 aromatic carbocycles. The molecule has 9 heteroatoms. The van der Waals surface area contributed by atoms with E-state index in [4.69, 9.17) is 11.6 Å². The van der Waals surface area contributed by atoms with Crippen LogP contribution in [-0.2, 0) is 0 Å². The van der Waals surface area contributed by atoms with Gasteiger partial charge in [0.2, 0.25) is 0 Å². The van der Waals surface area contributed by atoms with E-state index in [1.807, 2.05) is 0 Å². The van der Waals surface area contributed by atoms with E-state index in [2.05, 4.69) is 25.4 Å². The van der Waals surface area contributed by atoms with Crippen molar-refractivity contribution >= 4 is 29.2 Å². The van der Waals surface area contributed by atoms with Gasteiger partial charge in [0.15, 0.2) is 11.5 Å². The predicted molar refractivity (Wildman–Crippen MR) is 109 cm³/mol. The molecule has 0 spiro atoms. The molecule has 2 amide bonds. The number of amides is 2. The first-order chi connectivity index (χ1) is 14.1. The molecule has 1 aliphatic heterocycles. The molecule has 4 rings (SSSR count). The van der Waals surface area contributed by atoms with Crippen LogP contribution in [0.4, 0.5) is 5.82 Å². The fourth-order valence-electron chi connectivity index (χ4n) is 3.36. The number of anilines is 1. The van der Waals surface area contributed by atoms with Crippen LogP contribution in [0.3, 0.4) is 0 Å². The number of aromatic nitrogens is 3. The highest BCUT2D eigenvalue weighted by Gasteiger charge is 2.25. The number of carbonyl (C=O) groups is 2. The molecule has 1 N–H and O–H groups in total. The summed E-state index contributed by atoms with van der Waals surface area (Å²) in [6, 6.07) is 6.89. The van der Waals surface area contributed by atoms with Crippen molar-refractivity contribution in [2.45, 2.75) is 19.3 Å². The molecule has 2 aromatic rings. The van der Waals surface area contributed by atoms with Gasteiger partial charge in [-0.2, -0.15) is 0 Å². The number of piperazine rings is 1. The zero-order valence-corrected chi connectivity index (χ0v) is 16.8. The minimum absolute atomic E-state index is 0.118. The van der Waals surface area contributed by atoms with Crippen molar-refractivity contribution in [3.05, 3.63) is 46.9 Å². The van der Waals surface area contributed by atoms with Crippen molar-refractivity contribution in [1.82, 2.24) is 25.4 Å². The van der Waals surface area contributed by atoms with E-state index in [9.17, 15) is 9.59 Å². The maximum absolute atomic E-state index is 12.6. The summed E-state index contributed by atoms with van der Waals surface area (Å²) >= 11 is 6.03. The summed E-state index contributed by atoms with van der Waals surface area (Å²) in [4.78, 5) is 32.5. The summed E-state index contributed by atoms with van der Waals surface area (Å²) < 4.78 is 0. The average molecular weight is 415 g/mol. The maximum Gasteiger partial charge on any atom is 0.271 e. The van der Waals surface area contributed by atoms with Crippen LogP contribution in [-0.4, -0.2) is 64.6 Å². The van der Waals surface area contributed by atoms with Gasteiger partial charge in [0.05, 0.1) is 5.56 Å². The SMILES string of the molecule is O=C(NCCC1CC1)c1ccc(N2CCN(C(=O)c3cccnc3Cl)CC2)nn1. The van der Waals surface area contributed by atoms with Crippen LogP contribution < -0.4 is 10.2 Å². The normalized spacial score (nSPS) is 16.6. The molecule has 0 bridgehead atoms. The lowest BCUT2D eigenvalue weighted by Crippen LogP contribution is -2.49. The minimum atomic E-state index is -0.187. The Morgan fingerprint density at radius 2 is 1.90 bits per heavy atom. The van der Waals surface area contributed by atoms with Crippen molar-refractivity contribution in [2.24, 2.45) is 5.92 Å². The summed E-state index contributed by atoms with van der Waals surface area (Å²) in [6.07, 6.45) is 5.15.